The lowest BCUT2D eigenvalue weighted by Crippen LogP contribution is -2.33. The Morgan fingerprint density at radius 3 is 2.11 bits per heavy atom. The largest absolute Gasteiger partial charge is 0.507 e. The zero-order valence-corrected chi connectivity index (χ0v) is 21.6. The van der Waals surface area contributed by atoms with Gasteiger partial charge in [-0.1, -0.05) is 32.0 Å². The Morgan fingerprint density at radius 2 is 1.53 bits per heavy atom. The molecule has 0 aromatic heterocycles. The van der Waals surface area contributed by atoms with Crippen LogP contribution in [0.4, 0.5) is 4.39 Å². The van der Waals surface area contributed by atoms with E-state index < -0.39 is 5.82 Å². The molecule has 2 aromatic carbocycles. The highest BCUT2D eigenvalue weighted by atomic mass is 19.1. The van der Waals surface area contributed by atoms with Crippen LogP contribution in [-0.4, -0.2) is 46.9 Å². The quantitative estimate of drug-likeness (QED) is 0.525. The van der Waals surface area contributed by atoms with E-state index in [2.05, 4.69) is 23.6 Å². The van der Waals surface area contributed by atoms with E-state index in [1.165, 1.54) is 12.1 Å². The number of nitrogens with zero attached hydrogens (tertiary/aromatic N) is 2. The third kappa shape index (κ3) is 4.94. The molecule has 3 aliphatic rings. The van der Waals surface area contributed by atoms with Crippen LogP contribution in [0.25, 0.3) is 6.08 Å². The number of ether oxygens (including phenoxy) is 1. The van der Waals surface area contributed by atoms with Crippen LogP contribution in [0.1, 0.15) is 72.1 Å². The predicted molar refractivity (Wildman–Crippen MR) is 140 cm³/mol. The van der Waals surface area contributed by atoms with Gasteiger partial charge in [-0.15, -0.1) is 0 Å². The van der Waals surface area contributed by atoms with Crippen LogP contribution in [0.5, 0.6) is 11.5 Å². The molecule has 6 heteroatoms. The van der Waals surface area contributed by atoms with E-state index in [0.29, 0.717) is 47.4 Å². The average molecular weight is 493 g/mol. The fraction of sp³-hybridized carbons (Fsp3) is 0.500. The summed E-state index contributed by atoms with van der Waals surface area (Å²) >= 11 is 0. The molecule has 2 aromatic rings. The van der Waals surface area contributed by atoms with Crippen LogP contribution < -0.4 is 4.74 Å². The minimum atomic E-state index is -0.403. The van der Waals surface area contributed by atoms with Crippen molar-refractivity contribution in [3.63, 3.8) is 0 Å². The van der Waals surface area contributed by atoms with Gasteiger partial charge < -0.3 is 9.84 Å². The van der Waals surface area contributed by atoms with Crippen molar-refractivity contribution in [2.75, 3.05) is 26.2 Å². The molecule has 3 heterocycles. The Balaban J connectivity index is 1.54. The van der Waals surface area contributed by atoms with Gasteiger partial charge in [-0.2, -0.15) is 0 Å². The smallest absolute Gasteiger partial charge is 0.232 e. The first-order valence-electron chi connectivity index (χ1n) is 13.3. The van der Waals surface area contributed by atoms with Crippen molar-refractivity contribution in [3.8, 4) is 11.5 Å². The summed E-state index contributed by atoms with van der Waals surface area (Å²) < 4.78 is 20.5. The number of rotatable bonds is 5. The number of fused-ring (bicyclic) bond motifs is 1. The molecule has 2 fully saturated rings. The Labute approximate surface area is 213 Å². The van der Waals surface area contributed by atoms with Gasteiger partial charge in [-0.05, 0) is 88.3 Å². The maximum Gasteiger partial charge on any atom is 0.232 e. The van der Waals surface area contributed by atoms with E-state index in [1.807, 2.05) is 6.92 Å². The van der Waals surface area contributed by atoms with Crippen molar-refractivity contribution in [1.82, 2.24) is 9.80 Å². The molecule has 0 unspecified atom stereocenters. The lowest BCUT2D eigenvalue weighted by molar-refractivity contribution is 0.101. The minimum absolute atomic E-state index is 0.107. The molecule has 5 nitrogen and oxygen atoms in total. The second-order valence-corrected chi connectivity index (χ2v) is 11.0. The topological polar surface area (TPSA) is 53.0 Å². The molecule has 0 radical (unpaired) electrons. The van der Waals surface area contributed by atoms with Crippen LogP contribution in [-0.2, 0) is 13.1 Å². The van der Waals surface area contributed by atoms with E-state index in [1.54, 1.807) is 18.2 Å². The number of allylic oxidation sites excluding steroid dienone is 1. The van der Waals surface area contributed by atoms with Gasteiger partial charge in [0.05, 0.1) is 11.1 Å². The van der Waals surface area contributed by atoms with Crippen LogP contribution in [0, 0.1) is 24.6 Å². The monoisotopic (exact) mass is 492 g/mol. The molecular formula is C30H37FN2O3. The zero-order valence-electron chi connectivity index (χ0n) is 21.6. The van der Waals surface area contributed by atoms with E-state index >= 15 is 0 Å². The standard InChI is InChI=1S/C30H37FN2O3/c1-19-8-12-32(13-9-19)17-23-21(3)27-29(35)26(16-22-6-4-5-7-25(22)31)36-30(27)24(28(23)34)18-33-14-10-20(2)11-15-33/h4-7,16,19-20,34H,8-15,17-18H2,1-3H3/b26-16-. The second-order valence-electron chi connectivity index (χ2n) is 11.0. The highest BCUT2D eigenvalue weighted by Gasteiger charge is 2.36. The Kier molecular flexibility index (Phi) is 7.18. The normalized spacial score (nSPS) is 21.2. The van der Waals surface area contributed by atoms with Gasteiger partial charge in [0.1, 0.15) is 17.3 Å². The number of aromatic hydroxyl groups is 1. The van der Waals surface area contributed by atoms with Crippen LogP contribution >= 0.6 is 0 Å². The average Bonchev–Trinajstić information content (AvgIpc) is 3.19. The maximum absolute atomic E-state index is 14.4. The number of hydrogen-bond donors (Lipinski definition) is 1. The summed E-state index contributed by atoms with van der Waals surface area (Å²) in [6.07, 6.45) is 5.99. The fourth-order valence-corrected chi connectivity index (χ4v) is 5.66. The van der Waals surface area contributed by atoms with Crippen LogP contribution in [0.3, 0.4) is 0 Å². The number of ketones is 1. The molecule has 2 saturated heterocycles. The molecule has 36 heavy (non-hydrogen) atoms. The van der Waals surface area contributed by atoms with E-state index in [-0.39, 0.29) is 17.3 Å². The molecule has 0 saturated carbocycles. The summed E-state index contributed by atoms with van der Waals surface area (Å²) in [6, 6.07) is 6.36. The van der Waals surface area contributed by atoms with Gasteiger partial charge in [-0.25, -0.2) is 4.39 Å². The molecule has 3 aliphatic heterocycles. The number of carbonyl (C=O) groups is 1. The van der Waals surface area contributed by atoms with E-state index in [0.717, 1.165) is 63.0 Å². The Bertz CT molecular complexity index is 1180. The molecule has 1 N–H and O–H groups in total. The number of carbonyl (C=O) groups excluding carboxylic acids is 1. The third-order valence-electron chi connectivity index (χ3n) is 8.27. The predicted octanol–water partition coefficient (Wildman–Crippen LogP) is 5.92. The van der Waals surface area contributed by atoms with Gasteiger partial charge in [-0.3, -0.25) is 14.6 Å². The number of phenolic OH excluding ortho intramolecular Hbond substituents is 1. The van der Waals surface area contributed by atoms with Gasteiger partial charge in [0.2, 0.25) is 5.78 Å². The number of halogens is 1. The lowest BCUT2D eigenvalue weighted by Gasteiger charge is -2.33. The second kappa shape index (κ2) is 10.3. The summed E-state index contributed by atoms with van der Waals surface area (Å²) in [4.78, 5) is 18.3. The molecule has 0 atom stereocenters. The van der Waals surface area contributed by atoms with Gasteiger partial charge in [0.25, 0.3) is 0 Å². The third-order valence-corrected chi connectivity index (χ3v) is 8.27. The summed E-state index contributed by atoms with van der Waals surface area (Å²) in [6.45, 7) is 11.5. The Morgan fingerprint density at radius 1 is 0.972 bits per heavy atom. The molecule has 0 amide bonds. The number of piperidine rings is 2. The van der Waals surface area contributed by atoms with Crippen molar-refractivity contribution in [2.45, 2.75) is 59.5 Å². The molecule has 0 bridgehead atoms. The van der Waals surface area contributed by atoms with Gasteiger partial charge in [0, 0.05) is 24.2 Å². The van der Waals surface area contributed by atoms with Crippen molar-refractivity contribution in [2.24, 2.45) is 11.8 Å². The van der Waals surface area contributed by atoms with Crippen molar-refractivity contribution >= 4 is 11.9 Å². The van der Waals surface area contributed by atoms with Crippen LogP contribution in [0.15, 0.2) is 30.0 Å². The zero-order chi connectivity index (χ0) is 25.4. The molecule has 5 rings (SSSR count). The summed E-state index contributed by atoms with van der Waals surface area (Å²) in [7, 11) is 0. The lowest BCUT2D eigenvalue weighted by atomic mass is 9.91. The molecule has 0 spiro atoms. The van der Waals surface area contributed by atoms with Crippen molar-refractivity contribution < 1.29 is 19.0 Å². The molecule has 192 valence electrons. The van der Waals surface area contributed by atoms with Gasteiger partial charge in [0.15, 0.2) is 5.76 Å². The van der Waals surface area contributed by atoms with Crippen molar-refractivity contribution in [3.05, 3.63) is 63.7 Å². The van der Waals surface area contributed by atoms with Crippen LogP contribution in [0.2, 0.25) is 0 Å². The van der Waals surface area contributed by atoms with Crippen molar-refractivity contribution in [1.29, 1.82) is 0 Å². The summed E-state index contributed by atoms with van der Waals surface area (Å²) in [5.74, 6) is 1.55. The highest BCUT2D eigenvalue weighted by molar-refractivity contribution is 6.16. The molecular weight excluding hydrogens is 455 g/mol. The van der Waals surface area contributed by atoms with E-state index in [9.17, 15) is 14.3 Å². The maximum atomic E-state index is 14.4. The number of benzene rings is 2. The summed E-state index contributed by atoms with van der Waals surface area (Å²) in [5.41, 5.74) is 3.07. The highest BCUT2D eigenvalue weighted by Crippen LogP contribution is 2.45. The SMILES string of the molecule is Cc1c(CN2CCC(C)CC2)c(O)c(CN2CCC(C)CC2)c2c1C(=O)/C(=C/c1ccccc1F)O2. The van der Waals surface area contributed by atoms with Gasteiger partial charge >= 0.3 is 0 Å². The first kappa shape index (κ1) is 25.0. The Hall–Kier alpha value is -2.70. The fourth-order valence-electron chi connectivity index (χ4n) is 5.66. The number of phenols is 1. The number of Topliss-reactive ketones (excluding diaryl/α,β-unsaturated/α-hetero) is 1. The number of likely N-dealkylation sites (tertiary alicyclic amines) is 2. The minimum Gasteiger partial charge on any atom is -0.507 e. The van der Waals surface area contributed by atoms with E-state index in [4.69, 9.17) is 4.74 Å². The first-order chi connectivity index (χ1) is 17.3. The number of hydrogen-bond acceptors (Lipinski definition) is 5. The molecule has 0 aliphatic carbocycles. The summed E-state index contributed by atoms with van der Waals surface area (Å²) in [5, 5.41) is 11.6. The first-order valence-corrected chi connectivity index (χ1v) is 13.3.